The quantitative estimate of drug-likeness (QED) is 0.662. The molecule has 1 amide bonds. The van der Waals surface area contributed by atoms with Crippen LogP contribution in [-0.4, -0.2) is 32.1 Å². The molecular formula is C22H25N5O. The van der Waals surface area contributed by atoms with Crippen LogP contribution in [-0.2, 0) is 0 Å². The number of amides is 1. The summed E-state index contributed by atoms with van der Waals surface area (Å²) in [5, 5.41) is 14.3. The summed E-state index contributed by atoms with van der Waals surface area (Å²) < 4.78 is 1.87. The summed E-state index contributed by atoms with van der Waals surface area (Å²) in [6.07, 6.45) is 1.76. The molecule has 28 heavy (non-hydrogen) atoms. The number of nitrogens with zero attached hydrogens (tertiary/aromatic N) is 5. The maximum absolute atomic E-state index is 13.3. The van der Waals surface area contributed by atoms with Crippen LogP contribution in [0.1, 0.15) is 67.0 Å². The van der Waals surface area contributed by atoms with Crippen LogP contribution in [0.5, 0.6) is 0 Å². The first-order valence-corrected chi connectivity index (χ1v) is 9.53. The zero-order valence-corrected chi connectivity index (χ0v) is 17.0. The van der Waals surface area contributed by atoms with E-state index in [9.17, 15) is 4.79 Å². The van der Waals surface area contributed by atoms with Gasteiger partial charge in [-0.25, -0.2) is 9.67 Å². The third kappa shape index (κ3) is 3.48. The second-order valence-corrected chi connectivity index (χ2v) is 7.22. The zero-order valence-electron chi connectivity index (χ0n) is 17.0. The number of fused-ring (bicyclic) bond motifs is 1. The molecule has 0 aliphatic heterocycles. The van der Waals surface area contributed by atoms with Crippen molar-refractivity contribution >= 4 is 16.9 Å². The van der Waals surface area contributed by atoms with Gasteiger partial charge in [-0.15, -0.1) is 0 Å². The van der Waals surface area contributed by atoms with Crippen LogP contribution in [0.15, 0.2) is 36.5 Å². The molecule has 0 N–H and O–H groups in total. The molecule has 6 nitrogen and oxygen atoms in total. The smallest absolute Gasteiger partial charge is 0.256 e. The predicted molar refractivity (Wildman–Crippen MR) is 109 cm³/mol. The Balaban J connectivity index is 1.96. The SMILES string of the molecule is CCN(C(=O)c1cc2cnn(C(C)C)c2nc1C)C(C)c1ccc(C#N)cc1. The fraction of sp³-hybridized carbons (Fsp3) is 0.364. The fourth-order valence-electron chi connectivity index (χ4n) is 3.42. The number of carbonyl (C=O) groups is 1. The van der Waals surface area contributed by atoms with E-state index in [0.29, 0.717) is 23.4 Å². The Hall–Kier alpha value is -3.20. The van der Waals surface area contributed by atoms with Crippen LogP contribution in [0.4, 0.5) is 0 Å². The summed E-state index contributed by atoms with van der Waals surface area (Å²) in [5.41, 5.74) is 3.70. The van der Waals surface area contributed by atoms with Gasteiger partial charge >= 0.3 is 0 Å². The van der Waals surface area contributed by atoms with Crippen LogP contribution in [0.2, 0.25) is 0 Å². The van der Waals surface area contributed by atoms with E-state index in [1.165, 1.54) is 0 Å². The van der Waals surface area contributed by atoms with Gasteiger partial charge < -0.3 is 4.90 Å². The average Bonchev–Trinajstić information content (AvgIpc) is 3.10. The van der Waals surface area contributed by atoms with Gasteiger partial charge in [-0.1, -0.05) is 12.1 Å². The summed E-state index contributed by atoms with van der Waals surface area (Å²) in [7, 11) is 0. The fourth-order valence-corrected chi connectivity index (χ4v) is 3.42. The first kappa shape index (κ1) is 19.6. The summed E-state index contributed by atoms with van der Waals surface area (Å²) >= 11 is 0. The molecule has 0 bridgehead atoms. The highest BCUT2D eigenvalue weighted by atomic mass is 16.2. The highest BCUT2D eigenvalue weighted by Gasteiger charge is 2.24. The predicted octanol–water partition coefficient (Wildman–Crippen LogP) is 4.42. The van der Waals surface area contributed by atoms with E-state index in [4.69, 9.17) is 5.26 Å². The molecule has 0 fully saturated rings. The summed E-state index contributed by atoms with van der Waals surface area (Å²) in [6.45, 7) is 10.5. The maximum Gasteiger partial charge on any atom is 0.256 e. The van der Waals surface area contributed by atoms with Crippen molar-refractivity contribution in [3.63, 3.8) is 0 Å². The zero-order chi connectivity index (χ0) is 20.4. The Morgan fingerprint density at radius 2 is 1.93 bits per heavy atom. The van der Waals surface area contributed by atoms with Crippen LogP contribution in [0.3, 0.4) is 0 Å². The Labute approximate surface area is 165 Å². The van der Waals surface area contributed by atoms with Gasteiger partial charge in [-0.2, -0.15) is 10.4 Å². The number of hydrogen-bond donors (Lipinski definition) is 0. The molecular weight excluding hydrogens is 350 g/mol. The standard InChI is InChI=1S/C22H25N5O/c1-6-26(16(5)18-9-7-17(12-23)8-10-18)22(28)20-11-19-13-24-27(14(2)3)21(19)25-15(20)4/h7-11,13-14,16H,6H2,1-5H3. The minimum Gasteiger partial charge on any atom is -0.332 e. The molecule has 1 atom stereocenters. The van der Waals surface area contributed by atoms with E-state index in [1.54, 1.807) is 18.3 Å². The molecule has 6 heteroatoms. The Bertz CT molecular complexity index is 1040. The molecule has 1 unspecified atom stereocenters. The van der Waals surface area contributed by atoms with Crippen molar-refractivity contribution in [3.05, 3.63) is 58.9 Å². The van der Waals surface area contributed by atoms with Gasteiger partial charge in [0.15, 0.2) is 5.65 Å². The number of nitriles is 1. The highest BCUT2D eigenvalue weighted by Crippen LogP contribution is 2.25. The van der Waals surface area contributed by atoms with E-state index in [-0.39, 0.29) is 18.0 Å². The summed E-state index contributed by atoms with van der Waals surface area (Å²) in [6, 6.07) is 11.5. The Morgan fingerprint density at radius 1 is 1.25 bits per heavy atom. The molecule has 144 valence electrons. The first-order valence-electron chi connectivity index (χ1n) is 9.53. The van der Waals surface area contributed by atoms with E-state index < -0.39 is 0 Å². The van der Waals surface area contributed by atoms with Crippen molar-refractivity contribution in [3.8, 4) is 6.07 Å². The number of aryl methyl sites for hydroxylation is 1. The van der Waals surface area contributed by atoms with Crippen molar-refractivity contribution in [1.29, 1.82) is 5.26 Å². The lowest BCUT2D eigenvalue weighted by Crippen LogP contribution is -2.34. The third-order valence-corrected chi connectivity index (χ3v) is 5.07. The molecule has 2 aromatic heterocycles. The van der Waals surface area contributed by atoms with E-state index in [1.807, 2.05) is 48.6 Å². The molecule has 0 spiro atoms. The molecule has 0 aliphatic rings. The number of benzene rings is 1. The Morgan fingerprint density at radius 3 is 2.50 bits per heavy atom. The van der Waals surface area contributed by atoms with Crippen LogP contribution in [0, 0.1) is 18.3 Å². The van der Waals surface area contributed by atoms with Crippen molar-refractivity contribution in [1.82, 2.24) is 19.7 Å². The first-order chi connectivity index (χ1) is 13.4. The van der Waals surface area contributed by atoms with Crippen LogP contribution < -0.4 is 0 Å². The minimum absolute atomic E-state index is 0.0523. The lowest BCUT2D eigenvalue weighted by Gasteiger charge is -2.29. The third-order valence-electron chi connectivity index (χ3n) is 5.07. The number of rotatable bonds is 5. The lowest BCUT2D eigenvalue weighted by molar-refractivity contribution is 0.0701. The number of hydrogen-bond acceptors (Lipinski definition) is 4. The molecule has 0 saturated heterocycles. The van der Waals surface area contributed by atoms with Crippen molar-refractivity contribution in [2.75, 3.05) is 6.54 Å². The van der Waals surface area contributed by atoms with Gasteiger partial charge in [0.25, 0.3) is 5.91 Å². The summed E-state index contributed by atoms with van der Waals surface area (Å²) in [5.74, 6) is -0.0523. The van der Waals surface area contributed by atoms with Gasteiger partial charge in [0, 0.05) is 18.0 Å². The van der Waals surface area contributed by atoms with Gasteiger partial charge in [0.1, 0.15) is 0 Å². The van der Waals surface area contributed by atoms with Crippen molar-refractivity contribution in [2.45, 2.75) is 46.7 Å². The lowest BCUT2D eigenvalue weighted by atomic mass is 10.0. The van der Waals surface area contributed by atoms with Gasteiger partial charge in [-0.3, -0.25) is 4.79 Å². The molecule has 0 aliphatic carbocycles. The van der Waals surface area contributed by atoms with Crippen molar-refractivity contribution < 1.29 is 4.79 Å². The average molecular weight is 375 g/mol. The largest absolute Gasteiger partial charge is 0.332 e. The topological polar surface area (TPSA) is 74.8 Å². The molecule has 2 heterocycles. The number of pyridine rings is 1. The second-order valence-electron chi connectivity index (χ2n) is 7.22. The van der Waals surface area contributed by atoms with Crippen molar-refractivity contribution in [2.24, 2.45) is 0 Å². The van der Waals surface area contributed by atoms with Gasteiger partial charge in [-0.05, 0) is 58.4 Å². The van der Waals surface area contributed by atoms with Gasteiger partial charge in [0.05, 0.1) is 35.1 Å². The normalized spacial score (nSPS) is 12.2. The summed E-state index contributed by atoms with van der Waals surface area (Å²) in [4.78, 5) is 19.8. The van der Waals surface area contributed by atoms with E-state index >= 15 is 0 Å². The minimum atomic E-state index is -0.112. The Kier molecular flexibility index (Phi) is 5.46. The van der Waals surface area contributed by atoms with E-state index in [0.717, 1.165) is 16.6 Å². The molecule has 0 saturated carbocycles. The molecule has 3 rings (SSSR count). The second kappa shape index (κ2) is 7.81. The number of carbonyl (C=O) groups excluding carboxylic acids is 1. The highest BCUT2D eigenvalue weighted by molar-refractivity contribution is 5.98. The van der Waals surface area contributed by atoms with Crippen LogP contribution in [0.25, 0.3) is 11.0 Å². The molecule has 0 radical (unpaired) electrons. The molecule has 1 aromatic carbocycles. The monoisotopic (exact) mass is 375 g/mol. The van der Waals surface area contributed by atoms with Crippen LogP contribution >= 0.6 is 0 Å². The molecule has 3 aromatic rings. The maximum atomic E-state index is 13.3. The van der Waals surface area contributed by atoms with Gasteiger partial charge in [0.2, 0.25) is 0 Å². The van der Waals surface area contributed by atoms with E-state index in [2.05, 4.69) is 30.0 Å². The number of aromatic nitrogens is 3.